The van der Waals surface area contributed by atoms with E-state index < -0.39 is 0 Å². The molecule has 1 aliphatic heterocycles. The number of carbonyl (C=O) groups excluding carboxylic acids is 2. The number of methoxy groups -OCH3 is 1. The van der Waals surface area contributed by atoms with E-state index >= 15 is 0 Å². The number of hydrogen-bond acceptors (Lipinski definition) is 4. The largest absolute Gasteiger partial charge is 0.493 e. The molecule has 34 heavy (non-hydrogen) atoms. The van der Waals surface area contributed by atoms with E-state index in [1.807, 2.05) is 90.7 Å². The van der Waals surface area contributed by atoms with Gasteiger partial charge in [0.05, 0.1) is 31.0 Å². The zero-order valence-electron chi connectivity index (χ0n) is 19.6. The van der Waals surface area contributed by atoms with Crippen LogP contribution >= 0.6 is 0 Å². The number of amides is 2. The molecule has 0 N–H and O–H groups in total. The molecule has 0 aromatic heterocycles. The van der Waals surface area contributed by atoms with Gasteiger partial charge in [-0.2, -0.15) is 0 Å². The van der Waals surface area contributed by atoms with E-state index in [2.05, 4.69) is 0 Å². The van der Waals surface area contributed by atoms with Crippen LogP contribution in [0, 0.1) is 5.92 Å². The van der Waals surface area contributed by atoms with E-state index in [0.717, 1.165) is 24.2 Å². The maximum absolute atomic E-state index is 13.3. The van der Waals surface area contributed by atoms with Crippen molar-refractivity contribution >= 4 is 23.2 Å². The Morgan fingerprint density at radius 2 is 1.53 bits per heavy atom. The van der Waals surface area contributed by atoms with Crippen molar-refractivity contribution in [3.05, 3.63) is 84.4 Å². The third-order valence-corrected chi connectivity index (χ3v) is 5.98. The highest BCUT2D eigenvalue weighted by molar-refractivity contribution is 6.11. The van der Waals surface area contributed by atoms with Gasteiger partial charge in [0.2, 0.25) is 5.91 Å². The van der Waals surface area contributed by atoms with Crippen molar-refractivity contribution in [1.82, 2.24) is 0 Å². The van der Waals surface area contributed by atoms with Crippen molar-refractivity contribution in [3.8, 4) is 11.5 Å². The number of hydrogen-bond donors (Lipinski definition) is 0. The van der Waals surface area contributed by atoms with Crippen molar-refractivity contribution < 1.29 is 19.1 Å². The average molecular weight is 459 g/mol. The van der Waals surface area contributed by atoms with Crippen LogP contribution in [-0.2, 0) is 4.79 Å². The molecule has 2 amide bonds. The fraction of sp³-hybridized carbons (Fsp3) is 0.286. The Balaban J connectivity index is 1.47. The van der Waals surface area contributed by atoms with Crippen LogP contribution < -0.4 is 19.3 Å². The van der Waals surface area contributed by atoms with Gasteiger partial charge < -0.3 is 19.3 Å². The molecule has 1 heterocycles. The summed E-state index contributed by atoms with van der Waals surface area (Å²) in [7, 11) is 1.62. The van der Waals surface area contributed by atoms with Crippen molar-refractivity contribution in [2.75, 3.05) is 36.6 Å². The minimum atomic E-state index is -0.315. The number of anilines is 2. The van der Waals surface area contributed by atoms with Gasteiger partial charge in [-0.15, -0.1) is 0 Å². The summed E-state index contributed by atoms with van der Waals surface area (Å²) in [6, 6.07) is 24.4. The summed E-state index contributed by atoms with van der Waals surface area (Å²) in [4.78, 5) is 30.2. The topological polar surface area (TPSA) is 59.1 Å². The van der Waals surface area contributed by atoms with Gasteiger partial charge in [0.15, 0.2) is 11.5 Å². The monoisotopic (exact) mass is 458 g/mol. The van der Waals surface area contributed by atoms with Crippen LogP contribution in [0.1, 0.15) is 30.1 Å². The molecule has 6 nitrogen and oxygen atoms in total. The second-order valence-corrected chi connectivity index (χ2v) is 8.37. The summed E-state index contributed by atoms with van der Waals surface area (Å²) in [5.41, 5.74) is 2.14. The summed E-state index contributed by atoms with van der Waals surface area (Å²) in [6.07, 6.45) is 1.56. The first kappa shape index (κ1) is 23.4. The van der Waals surface area contributed by atoms with E-state index in [1.165, 1.54) is 0 Å². The summed E-state index contributed by atoms with van der Waals surface area (Å²) in [5, 5.41) is 0. The fourth-order valence-electron chi connectivity index (χ4n) is 4.21. The molecule has 1 atom stereocenters. The minimum absolute atomic E-state index is 0.0291. The molecule has 4 rings (SSSR count). The maximum Gasteiger partial charge on any atom is 0.258 e. The number of fused-ring (bicyclic) bond motifs is 1. The Labute approximate surface area is 200 Å². The van der Waals surface area contributed by atoms with Crippen LogP contribution in [0.2, 0.25) is 0 Å². The van der Waals surface area contributed by atoms with Gasteiger partial charge in [-0.25, -0.2) is 0 Å². The Bertz CT molecular complexity index is 1130. The lowest BCUT2D eigenvalue weighted by Gasteiger charge is -2.25. The van der Waals surface area contributed by atoms with Crippen LogP contribution in [0.25, 0.3) is 0 Å². The number of ether oxygens (including phenoxy) is 2. The molecule has 1 aliphatic rings. The molecule has 0 aliphatic carbocycles. The molecule has 1 unspecified atom stereocenters. The van der Waals surface area contributed by atoms with E-state index in [0.29, 0.717) is 36.8 Å². The summed E-state index contributed by atoms with van der Waals surface area (Å²) >= 11 is 0. The third-order valence-electron chi connectivity index (χ3n) is 5.98. The van der Waals surface area contributed by atoms with Crippen molar-refractivity contribution in [1.29, 1.82) is 0 Å². The normalized spacial score (nSPS) is 15.5. The SMILES string of the molecule is COc1ccccc1OCCCCN1C(=O)C(C)CN(C(=O)c2ccccc2)c2ccccc21. The van der Waals surface area contributed by atoms with Crippen LogP contribution in [-0.4, -0.2) is 38.6 Å². The summed E-state index contributed by atoms with van der Waals surface area (Å²) < 4.78 is 11.2. The lowest BCUT2D eigenvalue weighted by atomic mass is 10.1. The fourth-order valence-corrected chi connectivity index (χ4v) is 4.21. The molecule has 0 fully saturated rings. The maximum atomic E-state index is 13.3. The molecule has 0 radical (unpaired) electrons. The molecule has 0 saturated carbocycles. The lowest BCUT2D eigenvalue weighted by Crippen LogP contribution is -2.38. The van der Waals surface area contributed by atoms with Gasteiger partial charge in [-0.05, 0) is 49.2 Å². The molecule has 3 aromatic rings. The third kappa shape index (κ3) is 5.06. The van der Waals surface area contributed by atoms with Gasteiger partial charge in [0, 0.05) is 18.7 Å². The van der Waals surface area contributed by atoms with Crippen LogP contribution in [0.3, 0.4) is 0 Å². The smallest absolute Gasteiger partial charge is 0.258 e. The van der Waals surface area contributed by atoms with E-state index in [9.17, 15) is 9.59 Å². The number of carbonyl (C=O) groups is 2. The Morgan fingerprint density at radius 1 is 0.882 bits per heavy atom. The first-order valence-electron chi connectivity index (χ1n) is 11.6. The average Bonchev–Trinajstić information content (AvgIpc) is 2.99. The predicted octanol–water partition coefficient (Wildman–Crippen LogP) is 5.18. The van der Waals surface area contributed by atoms with E-state index in [1.54, 1.807) is 12.0 Å². The Morgan fingerprint density at radius 3 is 2.26 bits per heavy atom. The van der Waals surface area contributed by atoms with Crippen LogP contribution in [0.15, 0.2) is 78.9 Å². The highest BCUT2D eigenvalue weighted by Gasteiger charge is 2.33. The highest BCUT2D eigenvalue weighted by Crippen LogP contribution is 2.35. The molecule has 6 heteroatoms. The van der Waals surface area contributed by atoms with E-state index in [-0.39, 0.29) is 17.7 Å². The van der Waals surface area contributed by atoms with Gasteiger partial charge in [-0.1, -0.05) is 49.4 Å². The number of unbranched alkanes of at least 4 members (excludes halogenated alkanes) is 1. The highest BCUT2D eigenvalue weighted by atomic mass is 16.5. The molecule has 0 saturated heterocycles. The number of nitrogens with zero attached hydrogens (tertiary/aromatic N) is 2. The molecule has 176 valence electrons. The predicted molar refractivity (Wildman–Crippen MR) is 134 cm³/mol. The van der Waals surface area contributed by atoms with Crippen LogP contribution in [0.4, 0.5) is 11.4 Å². The molecule has 3 aromatic carbocycles. The van der Waals surface area contributed by atoms with Gasteiger partial charge >= 0.3 is 0 Å². The zero-order valence-corrected chi connectivity index (χ0v) is 19.6. The van der Waals surface area contributed by atoms with Gasteiger partial charge in [0.25, 0.3) is 5.91 Å². The molecule has 0 spiro atoms. The second-order valence-electron chi connectivity index (χ2n) is 8.37. The quantitative estimate of drug-likeness (QED) is 0.436. The summed E-state index contributed by atoms with van der Waals surface area (Å²) in [5.74, 6) is 1.03. The standard InChI is InChI=1S/C28H30N2O4/c1-21-20-30(28(32)22-12-4-3-5-13-22)24-15-7-6-14-23(24)29(27(21)31)18-10-11-19-34-26-17-9-8-16-25(26)33-2/h3-9,12-17,21H,10-11,18-20H2,1-2H3. The van der Waals surface area contributed by atoms with Crippen LogP contribution in [0.5, 0.6) is 11.5 Å². The zero-order chi connectivity index (χ0) is 23.9. The first-order valence-corrected chi connectivity index (χ1v) is 11.6. The minimum Gasteiger partial charge on any atom is -0.493 e. The molecular formula is C28H30N2O4. The van der Waals surface area contributed by atoms with Gasteiger partial charge in [0.1, 0.15) is 0 Å². The Hall–Kier alpha value is -3.80. The molecule has 0 bridgehead atoms. The van der Waals surface area contributed by atoms with Crippen molar-refractivity contribution in [3.63, 3.8) is 0 Å². The summed E-state index contributed by atoms with van der Waals surface area (Å²) in [6.45, 7) is 3.31. The lowest BCUT2D eigenvalue weighted by molar-refractivity contribution is -0.121. The first-order chi connectivity index (χ1) is 16.6. The Kier molecular flexibility index (Phi) is 7.48. The number of benzene rings is 3. The van der Waals surface area contributed by atoms with Crippen molar-refractivity contribution in [2.45, 2.75) is 19.8 Å². The molecular weight excluding hydrogens is 428 g/mol. The van der Waals surface area contributed by atoms with Gasteiger partial charge in [-0.3, -0.25) is 9.59 Å². The number of rotatable bonds is 8. The van der Waals surface area contributed by atoms with Crippen molar-refractivity contribution in [2.24, 2.45) is 5.92 Å². The second kappa shape index (κ2) is 10.9. The number of para-hydroxylation sites is 4. The van der Waals surface area contributed by atoms with E-state index in [4.69, 9.17) is 9.47 Å².